The van der Waals surface area contributed by atoms with Crippen LogP contribution in [0.15, 0.2) is 30.3 Å². The van der Waals surface area contributed by atoms with Gasteiger partial charge in [-0.1, -0.05) is 37.5 Å². The molecule has 1 N–H and O–H groups in total. The minimum absolute atomic E-state index is 0.155. The van der Waals surface area contributed by atoms with Crippen molar-refractivity contribution in [2.24, 2.45) is 7.05 Å². The van der Waals surface area contributed by atoms with Crippen LogP contribution in [0.25, 0.3) is 10.9 Å². The zero-order chi connectivity index (χ0) is 17.2. The summed E-state index contributed by atoms with van der Waals surface area (Å²) in [5.74, 6) is 0.552. The number of rotatable bonds is 2. The third kappa shape index (κ3) is 3.39. The number of fused-ring (bicyclic) bond motifs is 1. The molecule has 0 spiro atoms. The SMILES string of the molecule is Cn1c(C2CCN(C(=O)NC3CCCCC3)CC2)cc2ccccc21. The molecule has 4 nitrogen and oxygen atoms in total. The first kappa shape index (κ1) is 16.5. The molecule has 4 heteroatoms. The summed E-state index contributed by atoms with van der Waals surface area (Å²) in [5.41, 5.74) is 2.71. The summed E-state index contributed by atoms with van der Waals surface area (Å²) in [7, 11) is 2.17. The van der Waals surface area contributed by atoms with Crippen LogP contribution in [0.1, 0.15) is 56.6 Å². The van der Waals surface area contributed by atoms with Gasteiger partial charge in [-0.2, -0.15) is 0 Å². The van der Waals surface area contributed by atoms with E-state index in [-0.39, 0.29) is 6.03 Å². The second-order valence-electron chi connectivity index (χ2n) is 7.73. The molecular formula is C21H29N3O. The molecule has 0 radical (unpaired) electrons. The number of carbonyl (C=O) groups excluding carboxylic acids is 1. The number of para-hydroxylation sites is 1. The summed E-state index contributed by atoms with van der Waals surface area (Å²) in [4.78, 5) is 14.5. The number of nitrogens with one attached hydrogen (secondary N) is 1. The molecule has 2 amide bonds. The van der Waals surface area contributed by atoms with Gasteiger partial charge in [0.25, 0.3) is 0 Å². The van der Waals surface area contributed by atoms with Gasteiger partial charge in [0.2, 0.25) is 0 Å². The molecule has 2 aromatic rings. The van der Waals surface area contributed by atoms with Crippen molar-refractivity contribution < 1.29 is 4.79 Å². The van der Waals surface area contributed by atoms with Crippen molar-refractivity contribution in [3.63, 3.8) is 0 Å². The van der Waals surface area contributed by atoms with Gasteiger partial charge >= 0.3 is 6.03 Å². The summed E-state index contributed by atoms with van der Waals surface area (Å²) in [5, 5.41) is 4.57. The fourth-order valence-corrected chi connectivity index (χ4v) is 4.59. The predicted molar refractivity (Wildman–Crippen MR) is 102 cm³/mol. The number of nitrogens with zero attached hydrogens (tertiary/aromatic N) is 2. The van der Waals surface area contributed by atoms with E-state index in [1.54, 1.807) is 0 Å². The molecular weight excluding hydrogens is 310 g/mol. The topological polar surface area (TPSA) is 37.3 Å². The molecule has 134 valence electrons. The average Bonchev–Trinajstić information content (AvgIpc) is 3.00. The maximum absolute atomic E-state index is 12.5. The molecule has 1 aliphatic heterocycles. The molecule has 1 saturated heterocycles. The number of likely N-dealkylation sites (tertiary alicyclic amines) is 1. The second kappa shape index (κ2) is 7.11. The molecule has 0 unspecified atom stereocenters. The van der Waals surface area contributed by atoms with Crippen LogP contribution in [0.5, 0.6) is 0 Å². The molecule has 1 saturated carbocycles. The van der Waals surface area contributed by atoms with Gasteiger partial charge in [-0.25, -0.2) is 4.79 Å². The minimum Gasteiger partial charge on any atom is -0.347 e. The van der Waals surface area contributed by atoms with Gasteiger partial charge in [0.1, 0.15) is 0 Å². The highest BCUT2D eigenvalue weighted by atomic mass is 16.2. The van der Waals surface area contributed by atoms with Gasteiger partial charge in [0.05, 0.1) is 0 Å². The van der Waals surface area contributed by atoms with Crippen molar-refractivity contribution in [3.8, 4) is 0 Å². The molecule has 1 aliphatic carbocycles. The molecule has 1 aromatic carbocycles. The van der Waals surface area contributed by atoms with Gasteiger partial charge in [-0.15, -0.1) is 0 Å². The normalized spacial score (nSPS) is 20.1. The highest BCUT2D eigenvalue weighted by molar-refractivity contribution is 5.81. The Morgan fingerprint density at radius 3 is 2.48 bits per heavy atom. The fourth-order valence-electron chi connectivity index (χ4n) is 4.59. The van der Waals surface area contributed by atoms with Gasteiger partial charge in [0, 0.05) is 43.3 Å². The van der Waals surface area contributed by atoms with E-state index >= 15 is 0 Å². The Kier molecular flexibility index (Phi) is 4.69. The van der Waals surface area contributed by atoms with Crippen LogP contribution < -0.4 is 5.32 Å². The molecule has 0 bridgehead atoms. The van der Waals surface area contributed by atoms with E-state index in [2.05, 4.69) is 47.3 Å². The smallest absolute Gasteiger partial charge is 0.317 e. The van der Waals surface area contributed by atoms with Gasteiger partial charge in [0.15, 0.2) is 0 Å². The lowest BCUT2D eigenvalue weighted by molar-refractivity contribution is 0.174. The Bertz CT molecular complexity index is 737. The van der Waals surface area contributed by atoms with Gasteiger partial charge in [-0.05, 0) is 43.2 Å². The highest BCUT2D eigenvalue weighted by Gasteiger charge is 2.27. The first-order valence-electron chi connectivity index (χ1n) is 9.82. The van der Waals surface area contributed by atoms with Crippen LogP contribution in [-0.2, 0) is 7.05 Å². The summed E-state index contributed by atoms with van der Waals surface area (Å²) >= 11 is 0. The van der Waals surface area contributed by atoms with E-state index < -0.39 is 0 Å². The zero-order valence-electron chi connectivity index (χ0n) is 15.2. The molecule has 4 rings (SSSR count). The fraction of sp³-hybridized carbons (Fsp3) is 0.571. The number of piperidine rings is 1. The van der Waals surface area contributed by atoms with Crippen molar-refractivity contribution in [1.29, 1.82) is 0 Å². The number of hydrogen-bond donors (Lipinski definition) is 1. The molecule has 2 aliphatic rings. The summed E-state index contributed by atoms with van der Waals surface area (Å²) in [6.45, 7) is 1.73. The van der Waals surface area contributed by atoms with Crippen LogP contribution in [0.3, 0.4) is 0 Å². The number of amides is 2. The monoisotopic (exact) mass is 339 g/mol. The van der Waals surface area contributed by atoms with Crippen molar-refractivity contribution in [1.82, 2.24) is 14.8 Å². The quantitative estimate of drug-likeness (QED) is 0.865. The second-order valence-corrected chi connectivity index (χ2v) is 7.73. The van der Waals surface area contributed by atoms with Crippen molar-refractivity contribution >= 4 is 16.9 Å². The molecule has 0 atom stereocenters. The lowest BCUT2D eigenvalue weighted by Gasteiger charge is -2.34. The lowest BCUT2D eigenvalue weighted by atomic mass is 9.93. The first-order chi connectivity index (χ1) is 12.2. The lowest BCUT2D eigenvalue weighted by Crippen LogP contribution is -2.48. The molecule has 25 heavy (non-hydrogen) atoms. The standard InChI is InChI=1S/C21H29N3O/c1-23-19-10-6-5-7-17(19)15-20(23)16-11-13-24(14-12-16)21(25)22-18-8-3-2-4-9-18/h5-7,10,15-16,18H,2-4,8-9,11-14H2,1H3,(H,22,25). The minimum atomic E-state index is 0.155. The Morgan fingerprint density at radius 1 is 1.04 bits per heavy atom. The van der Waals surface area contributed by atoms with E-state index in [1.165, 1.54) is 35.9 Å². The summed E-state index contributed by atoms with van der Waals surface area (Å²) in [6.07, 6.45) is 8.26. The van der Waals surface area contributed by atoms with E-state index in [9.17, 15) is 4.79 Å². The number of urea groups is 1. The van der Waals surface area contributed by atoms with Gasteiger partial charge in [-0.3, -0.25) is 0 Å². The van der Waals surface area contributed by atoms with Crippen molar-refractivity contribution in [2.75, 3.05) is 13.1 Å². The largest absolute Gasteiger partial charge is 0.347 e. The Hall–Kier alpha value is -1.97. The van der Waals surface area contributed by atoms with Crippen molar-refractivity contribution in [3.05, 3.63) is 36.0 Å². The Labute approximate surface area is 150 Å². The average molecular weight is 339 g/mol. The van der Waals surface area contributed by atoms with Crippen LogP contribution in [0.2, 0.25) is 0 Å². The number of hydrogen-bond acceptors (Lipinski definition) is 1. The van der Waals surface area contributed by atoms with Crippen LogP contribution in [0, 0.1) is 0 Å². The molecule has 2 heterocycles. The van der Waals surface area contributed by atoms with Crippen LogP contribution >= 0.6 is 0 Å². The summed E-state index contributed by atoms with van der Waals surface area (Å²) < 4.78 is 2.33. The predicted octanol–water partition coefficient (Wildman–Crippen LogP) is 4.40. The third-order valence-electron chi connectivity index (χ3n) is 6.12. The van der Waals surface area contributed by atoms with E-state index in [0.717, 1.165) is 38.8 Å². The van der Waals surface area contributed by atoms with E-state index in [4.69, 9.17) is 0 Å². The van der Waals surface area contributed by atoms with Crippen LogP contribution in [0.4, 0.5) is 4.79 Å². The maximum Gasteiger partial charge on any atom is 0.317 e. The maximum atomic E-state index is 12.5. The third-order valence-corrected chi connectivity index (χ3v) is 6.12. The number of aromatic nitrogens is 1. The summed E-state index contributed by atoms with van der Waals surface area (Å²) in [6, 6.07) is 11.5. The Balaban J connectivity index is 1.37. The Morgan fingerprint density at radius 2 is 1.76 bits per heavy atom. The zero-order valence-corrected chi connectivity index (χ0v) is 15.2. The first-order valence-corrected chi connectivity index (χ1v) is 9.82. The molecule has 1 aromatic heterocycles. The van der Waals surface area contributed by atoms with E-state index in [0.29, 0.717) is 12.0 Å². The van der Waals surface area contributed by atoms with Gasteiger partial charge < -0.3 is 14.8 Å². The highest BCUT2D eigenvalue weighted by Crippen LogP contribution is 2.32. The van der Waals surface area contributed by atoms with E-state index in [1.807, 2.05) is 4.90 Å². The molecule has 2 fully saturated rings. The van der Waals surface area contributed by atoms with Crippen molar-refractivity contribution in [2.45, 2.75) is 56.9 Å². The number of benzene rings is 1. The number of carbonyl (C=O) groups is 1. The van der Waals surface area contributed by atoms with Crippen LogP contribution in [-0.4, -0.2) is 34.6 Å². The number of aryl methyl sites for hydroxylation is 1.